The molecule has 2 aromatic rings. The molecule has 1 amide bonds. The summed E-state index contributed by atoms with van der Waals surface area (Å²) in [6, 6.07) is 12.5. The fourth-order valence-electron chi connectivity index (χ4n) is 4.28. The van der Waals surface area contributed by atoms with Crippen LogP contribution in [0.3, 0.4) is 0 Å². The molecule has 2 atom stereocenters. The SMILES string of the molecule is C=CCN([C@H](C(=O)N1CC[C@H](O[Si](C)(C)C(C)(C)C)C1)c1ccccc1)S(=O)(=O)c1ccccc1[N+](=O)[O-]. The molecule has 0 spiro atoms. The monoisotopic (exact) mass is 559 g/mol. The van der Waals surface area contributed by atoms with Crippen molar-refractivity contribution in [1.82, 2.24) is 9.21 Å². The maximum Gasteiger partial charge on any atom is 0.289 e. The normalized spacial score (nSPS) is 17.4. The van der Waals surface area contributed by atoms with E-state index in [4.69, 9.17) is 4.43 Å². The van der Waals surface area contributed by atoms with E-state index in [2.05, 4.69) is 40.4 Å². The van der Waals surface area contributed by atoms with Gasteiger partial charge in [-0.25, -0.2) is 8.42 Å². The van der Waals surface area contributed by atoms with E-state index in [1.165, 1.54) is 24.3 Å². The molecule has 0 saturated carbocycles. The highest BCUT2D eigenvalue weighted by Crippen LogP contribution is 2.39. The van der Waals surface area contributed by atoms with Gasteiger partial charge in [0.25, 0.3) is 15.7 Å². The van der Waals surface area contributed by atoms with Crippen molar-refractivity contribution in [1.29, 1.82) is 0 Å². The lowest BCUT2D eigenvalue weighted by Crippen LogP contribution is -2.47. The van der Waals surface area contributed by atoms with Crippen LogP contribution in [0.2, 0.25) is 18.1 Å². The molecule has 9 nitrogen and oxygen atoms in total. The molecule has 0 aromatic heterocycles. The van der Waals surface area contributed by atoms with Crippen LogP contribution < -0.4 is 0 Å². The fourth-order valence-corrected chi connectivity index (χ4v) is 7.36. The van der Waals surface area contributed by atoms with Crippen molar-refractivity contribution in [2.45, 2.75) is 62.4 Å². The quantitative estimate of drug-likeness (QED) is 0.173. The molecule has 1 aliphatic rings. The summed E-state index contributed by atoms with van der Waals surface area (Å²) in [5.41, 5.74) is -0.0832. The van der Waals surface area contributed by atoms with Gasteiger partial charge < -0.3 is 9.33 Å². The van der Waals surface area contributed by atoms with Gasteiger partial charge in [-0.1, -0.05) is 69.3 Å². The van der Waals surface area contributed by atoms with Crippen molar-refractivity contribution in [3.8, 4) is 0 Å². The zero-order valence-electron chi connectivity index (χ0n) is 22.7. The predicted octanol–water partition coefficient (Wildman–Crippen LogP) is 5.14. The van der Waals surface area contributed by atoms with Crippen molar-refractivity contribution in [3.05, 3.63) is 82.9 Å². The summed E-state index contributed by atoms with van der Waals surface area (Å²) in [5, 5.41) is 11.7. The first-order chi connectivity index (χ1) is 17.7. The van der Waals surface area contributed by atoms with Crippen LogP contribution in [0.25, 0.3) is 0 Å². The highest BCUT2D eigenvalue weighted by molar-refractivity contribution is 7.89. The Balaban J connectivity index is 2.02. The molecular formula is C27H37N3O6SSi. The van der Waals surface area contributed by atoms with Crippen LogP contribution in [0.4, 0.5) is 5.69 Å². The minimum absolute atomic E-state index is 0.0102. The average molecular weight is 560 g/mol. The Kier molecular flexibility index (Phi) is 8.97. The number of nitro groups is 1. The Bertz CT molecular complexity index is 1280. The standard InChI is InChI=1S/C27H37N3O6SSi/c1-7-18-29(37(34,35)24-16-12-11-15-23(24)30(32)33)25(21-13-9-8-10-14-21)26(31)28-19-17-22(20-28)36-38(5,6)27(2,3)4/h7-16,22,25H,1,17-20H2,2-6H3/t22-,25-/m0/s1. The number of benzene rings is 2. The zero-order chi connectivity index (χ0) is 28.3. The van der Waals surface area contributed by atoms with Crippen LogP contribution in [0, 0.1) is 10.1 Å². The van der Waals surface area contributed by atoms with E-state index in [0.29, 0.717) is 25.1 Å². The molecular weight excluding hydrogens is 522 g/mol. The number of amides is 1. The number of carbonyl (C=O) groups is 1. The van der Waals surface area contributed by atoms with Gasteiger partial charge in [0.15, 0.2) is 13.2 Å². The lowest BCUT2D eigenvalue weighted by molar-refractivity contribution is -0.387. The van der Waals surface area contributed by atoms with Gasteiger partial charge in [-0.15, -0.1) is 6.58 Å². The maximum absolute atomic E-state index is 14.1. The van der Waals surface area contributed by atoms with Gasteiger partial charge in [-0.2, -0.15) is 4.31 Å². The number of carbonyl (C=O) groups excluding carboxylic acids is 1. The largest absolute Gasteiger partial charge is 0.412 e. The molecule has 1 aliphatic heterocycles. The molecule has 0 radical (unpaired) electrons. The Morgan fingerprint density at radius 2 is 1.82 bits per heavy atom. The topological polar surface area (TPSA) is 110 Å². The Labute approximate surface area is 226 Å². The Hall–Kier alpha value is -2.86. The number of sulfonamides is 1. The summed E-state index contributed by atoms with van der Waals surface area (Å²) in [6.07, 6.45) is 1.89. The molecule has 11 heteroatoms. The molecule has 0 unspecified atom stereocenters. The van der Waals surface area contributed by atoms with Crippen molar-refractivity contribution in [2.24, 2.45) is 0 Å². The summed E-state index contributed by atoms with van der Waals surface area (Å²) in [7, 11) is -6.55. The van der Waals surface area contributed by atoms with Crippen LogP contribution in [0.15, 0.2) is 72.1 Å². The van der Waals surface area contributed by atoms with E-state index >= 15 is 0 Å². The van der Waals surface area contributed by atoms with Gasteiger partial charge in [0.2, 0.25) is 5.91 Å². The zero-order valence-corrected chi connectivity index (χ0v) is 24.5. The van der Waals surface area contributed by atoms with E-state index in [-0.39, 0.29) is 17.7 Å². The molecule has 1 saturated heterocycles. The minimum Gasteiger partial charge on any atom is -0.412 e. The minimum atomic E-state index is -4.47. The van der Waals surface area contributed by atoms with E-state index in [0.717, 1.165) is 10.4 Å². The summed E-state index contributed by atoms with van der Waals surface area (Å²) in [5.74, 6) is -0.401. The van der Waals surface area contributed by atoms with Crippen LogP contribution >= 0.6 is 0 Å². The highest BCUT2D eigenvalue weighted by atomic mass is 32.2. The second-order valence-electron chi connectivity index (χ2n) is 11.0. The van der Waals surface area contributed by atoms with Gasteiger partial charge in [0, 0.05) is 25.7 Å². The first-order valence-corrected chi connectivity index (χ1v) is 16.9. The average Bonchev–Trinajstić information content (AvgIpc) is 3.31. The summed E-state index contributed by atoms with van der Waals surface area (Å²) in [6.45, 7) is 15.0. The van der Waals surface area contributed by atoms with Gasteiger partial charge in [0.05, 0.1) is 11.0 Å². The van der Waals surface area contributed by atoms with Crippen molar-refractivity contribution in [3.63, 3.8) is 0 Å². The number of likely N-dealkylation sites (tertiary alicyclic amines) is 1. The number of nitro benzene ring substituents is 1. The highest BCUT2D eigenvalue weighted by Gasteiger charge is 2.44. The predicted molar refractivity (Wildman–Crippen MR) is 150 cm³/mol. The molecule has 1 fully saturated rings. The molecule has 0 N–H and O–H groups in total. The van der Waals surface area contributed by atoms with Gasteiger partial charge in [-0.05, 0) is 36.2 Å². The molecule has 206 valence electrons. The maximum atomic E-state index is 14.1. The third-order valence-electron chi connectivity index (χ3n) is 7.32. The molecule has 38 heavy (non-hydrogen) atoms. The number of nitrogens with zero attached hydrogens (tertiary/aromatic N) is 3. The summed E-state index contributed by atoms with van der Waals surface area (Å²) < 4.78 is 35.4. The van der Waals surface area contributed by atoms with Crippen molar-refractivity contribution >= 4 is 29.9 Å². The second-order valence-corrected chi connectivity index (χ2v) is 17.6. The Morgan fingerprint density at radius 3 is 2.39 bits per heavy atom. The van der Waals surface area contributed by atoms with E-state index in [1.807, 2.05) is 0 Å². The van der Waals surface area contributed by atoms with Gasteiger partial charge in [0.1, 0.15) is 6.04 Å². The third kappa shape index (κ3) is 6.23. The smallest absolute Gasteiger partial charge is 0.289 e. The van der Waals surface area contributed by atoms with E-state index in [9.17, 15) is 23.3 Å². The van der Waals surface area contributed by atoms with Crippen LogP contribution in [0.5, 0.6) is 0 Å². The van der Waals surface area contributed by atoms with E-state index in [1.54, 1.807) is 35.2 Å². The first-order valence-electron chi connectivity index (χ1n) is 12.6. The van der Waals surface area contributed by atoms with Crippen LogP contribution in [0.1, 0.15) is 38.8 Å². The van der Waals surface area contributed by atoms with Crippen molar-refractivity contribution in [2.75, 3.05) is 19.6 Å². The number of para-hydroxylation sites is 1. The molecule has 0 aliphatic carbocycles. The number of hydrogen-bond acceptors (Lipinski definition) is 6. The molecule has 3 rings (SSSR count). The van der Waals surface area contributed by atoms with Crippen molar-refractivity contribution < 1.29 is 22.6 Å². The number of hydrogen-bond donors (Lipinski definition) is 0. The lowest BCUT2D eigenvalue weighted by atomic mass is 10.1. The first kappa shape index (κ1) is 29.7. The Morgan fingerprint density at radius 1 is 1.21 bits per heavy atom. The third-order valence-corrected chi connectivity index (χ3v) is 13.7. The molecule has 2 aromatic carbocycles. The fraction of sp³-hybridized carbons (Fsp3) is 0.444. The summed E-state index contributed by atoms with van der Waals surface area (Å²) in [4.78, 5) is 26.2. The van der Waals surface area contributed by atoms with E-state index < -0.39 is 45.8 Å². The lowest BCUT2D eigenvalue weighted by Gasteiger charge is -2.38. The van der Waals surface area contributed by atoms with Crippen LogP contribution in [-0.2, 0) is 19.2 Å². The molecule has 1 heterocycles. The van der Waals surface area contributed by atoms with Gasteiger partial charge >= 0.3 is 0 Å². The van der Waals surface area contributed by atoms with Gasteiger partial charge in [-0.3, -0.25) is 14.9 Å². The second kappa shape index (κ2) is 11.5. The summed E-state index contributed by atoms with van der Waals surface area (Å²) >= 11 is 0. The van der Waals surface area contributed by atoms with Crippen LogP contribution in [-0.4, -0.2) is 62.5 Å². The number of rotatable bonds is 10. The molecule has 0 bridgehead atoms.